The highest BCUT2D eigenvalue weighted by molar-refractivity contribution is 6.30. The van der Waals surface area contributed by atoms with E-state index in [1.807, 2.05) is 29.9 Å². The Kier molecular flexibility index (Phi) is 5.84. The average Bonchev–Trinajstić information content (AvgIpc) is 3.30. The third-order valence-corrected chi connectivity index (χ3v) is 4.74. The lowest BCUT2D eigenvalue weighted by Gasteiger charge is -2.35. The summed E-state index contributed by atoms with van der Waals surface area (Å²) in [5.74, 6) is 0.849. The molecule has 1 N–H and O–H groups in total. The van der Waals surface area contributed by atoms with Crippen LogP contribution in [0.15, 0.2) is 47.2 Å². The number of carbonyl (C=O) groups excluding carboxylic acids is 1. The summed E-state index contributed by atoms with van der Waals surface area (Å²) in [5, 5.41) is 7.95. The van der Waals surface area contributed by atoms with Crippen LogP contribution < -0.4 is 5.32 Å². The molecule has 4 rings (SSSR count). The minimum absolute atomic E-state index is 0. The molecular weight excluding hydrogens is 389 g/mol. The van der Waals surface area contributed by atoms with E-state index in [0.29, 0.717) is 23.8 Å². The number of aromatic nitrogens is 3. The molecule has 7 nitrogen and oxygen atoms in total. The first-order valence-electron chi connectivity index (χ1n) is 8.35. The van der Waals surface area contributed by atoms with E-state index in [4.69, 9.17) is 16.1 Å². The Balaban J connectivity index is 0.00000210. The normalized spacial score (nSPS) is 16.8. The maximum absolute atomic E-state index is 13.0. The number of carbonyl (C=O) groups is 1. The molecule has 1 fully saturated rings. The average molecular weight is 408 g/mol. The summed E-state index contributed by atoms with van der Waals surface area (Å²) in [7, 11) is 1.92. The molecule has 142 valence electrons. The second-order valence-corrected chi connectivity index (χ2v) is 6.64. The molecule has 0 radical (unpaired) electrons. The first kappa shape index (κ1) is 19.4. The van der Waals surface area contributed by atoms with Crippen molar-refractivity contribution in [3.63, 3.8) is 0 Å². The minimum atomic E-state index is -0.194. The minimum Gasteiger partial charge on any atom is -0.350 e. The van der Waals surface area contributed by atoms with E-state index in [1.165, 1.54) is 0 Å². The van der Waals surface area contributed by atoms with Gasteiger partial charge in [-0.2, -0.15) is 0 Å². The van der Waals surface area contributed by atoms with Gasteiger partial charge in [0, 0.05) is 55.7 Å². The Hall–Kier alpha value is -2.35. The largest absolute Gasteiger partial charge is 0.350 e. The number of nitrogens with one attached hydrogen (secondary N) is 1. The van der Waals surface area contributed by atoms with Gasteiger partial charge >= 0.3 is 0 Å². The Morgan fingerprint density at radius 2 is 2.22 bits per heavy atom. The number of benzene rings is 1. The van der Waals surface area contributed by atoms with Gasteiger partial charge in [0.1, 0.15) is 17.6 Å². The van der Waals surface area contributed by atoms with Crippen LogP contribution in [0.5, 0.6) is 0 Å². The van der Waals surface area contributed by atoms with Crippen LogP contribution in [0.25, 0.3) is 11.3 Å². The standard InChI is InChI=1S/C18H18ClN5O2.ClH/c1-23-7-6-21-17(23)15-11-20-5-8-24(15)18(25)16-10-14(22-26-16)12-3-2-4-13(19)9-12;/h2-4,6-7,9-10,15,20H,5,8,11H2,1H3;1H. The molecule has 1 unspecified atom stereocenters. The number of halogens is 2. The molecule has 9 heteroatoms. The highest BCUT2D eigenvalue weighted by atomic mass is 35.5. The molecule has 0 aliphatic carbocycles. The second kappa shape index (κ2) is 8.12. The van der Waals surface area contributed by atoms with Crippen LogP contribution in [0, 0.1) is 0 Å². The van der Waals surface area contributed by atoms with Crippen LogP contribution in [0.4, 0.5) is 0 Å². The molecule has 27 heavy (non-hydrogen) atoms. The van der Waals surface area contributed by atoms with Crippen molar-refractivity contribution >= 4 is 29.9 Å². The van der Waals surface area contributed by atoms with Gasteiger partial charge in [0.25, 0.3) is 5.91 Å². The van der Waals surface area contributed by atoms with Gasteiger partial charge in [-0.3, -0.25) is 4.79 Å². The number of aryl methyl sites for hydroxylation is 1. The van der Waals surface area contributed by atoms with Crippen LogP contribution in [-0.2, 0) is 7.05 Å². The molecule has 3 heterocycles. The highest BCUT2D eigenvalue weighted by Gasteiger charge is 2.33. The van der Waals surface area contributed by atoms with Gasteiger partial charge in [-0.15, -0.1) is 12.4 Å². The molecule has 1 saturated heterocycles. The van der Waals surface area contributed by atoms with E-state index in [1.54, 1.807) is 29.3 Å². The van der Waals surface area contributed by atoms with E-state index in [2.05, 4.69) is 15.5 Å². The zero-order chi connectivity index (χ0) is 18.1. The molecule has 1 aromatic carbocycles. The first-order chi connectivity index (χ1) is 12.6. The van der Waals surface area contributed by atoms with Crippen molar-refractivity contribution in [2.24, 2.45) is 7.05 Å². The monoisotopic (exact) mass is 407 g/mol. The summed E-state index contributed by atoms with van der Waals surface area (Å²) < 4.78 is 7.26. The Morgan fingerprint density at radius 1 is 1.37 bits per heavy atom. The van der Waals surface area contributed by atoms with Crippen LogP contribution in [0.3, 0.4) is 0 Å². The van der Waals surface area contributed by atoms with Gasteiger partial charge in [0.2, 0.25) is 5.76 Å². The topological polar surface area (TPSA) is 76.2 Å². The molecule has 1 aliphatic rings. The molecule has 1 amide bonds. The SMILES string of the molecule is Cl.Cn1ccnc1C1CNCCN1C(=O)c1cc(-c2cccc(Cl)c2)no1. The number of piperazine rings is 1. The van der Waals surface area contributed by atoms with Gasteiger partial charge in [0.15, 0.2) is 0 Å². The van der Waals surface area contributed by atoms with Crippen molar-refractivity contribution in [3.05, 3.63) is 59.3 Å². The summed E-state index contributed by atoms with van der Waals surface area (Å²) in [5.41, 5.74) is 1.39. The molecule has 3 aromatic rings. The van der Waals surface area contributed by atoms with E-state index >= 15 is 0 Å². The van der Waals surface area contributed by atoms with Crippen molar-refractivity contribution in [3.8, 4) is 11.3 Å². The van der Waals surface area contributed by atoms with Gasteiger partial charge < -0.3 is 19.3 Å². The smallest absolute Gasteiger partial charge is 0.293 e. The van der Waals surface area contributed by atoms with Crippen LogP contribution >= 0.6 is 24.0 Å². The second-order valence-electron chi connectivity index (χ2n) is 6.20. The summed E-state index contributed by atoms with van der Waals surface area (Å²) in [6, 6.07) is 8.78. The Labute approximate surface area is 167 Å². The lowest BCUT2D eigenvalue weighted by atomic mass is 10.1. The fraction of sp³-hybridized carbons (Fsp3) is 0.278. The predicted molar refractivity (Wildman–Crippen MR) is 104 cm³/mol. The zero-order valence-corrected chi connectivity index (χ0v) is 16.2. The van der Waals surface area contributed by atoms with Gasteiger partial charge in [0.05, 0.1) is 0 Å². The van der Waals surface area contributed by atoms with Crippen molar-refractivity contribution < 1.29 is 9.32 Å². The first-order valence-corrected chi connectivity index (χ1v) is 8.73. The number of hydrogen-bond acceptors (Lipinski definition) is 5. The van der Waals surface area contributed by atoms with Crippen molar-refractivity contribution in [2.75, 3.05) is 19.6 Å². The van der Waals surface area contributed by atoms with Crippen LogP contribution in [-0.4, -0.2) is 45.1 Å². The maximum Gasteiger partial charge on any atom is 0.293 e. The molecule has 1 atom stereocenters. The number of nitrogens with zero attached hydrogens (tertiary/aromatic N) is 4. The van der Waals surface area contributed by atoms with Crippen molar-refractivity contribution in [2.45, 2.75) is 6.04 Å². The predicted octanol–water partition coefficient (Wildman–Crippen LogP) is 2.94. The van der Waals surface area contributed by atoms with Crippen LogP contribution in [0.1, 0.15) is 22.4 Å². The highest BCUT2D eigenvalue weighted by Crippen LogP contribution is 2.26. The number of rotatable bonds is 3. The summed E-state index contributed by atoms with van der Waals surface area (Å²) in [4.78, 5) is 19.2. The van der Waals surface area contributed by atoms with Crippen molar-refractivity contribution in [1.29, 1.82) is 0 Å². The lowest BCUT2D eigenvalue weighted by Crippen LogP contribution is -2.49. The molecule has 1 aliphatic heterocycles. The Bertz CT molecular complexity index is 939. The fourth-order valence-electron chi connectivity index (χ4n) is 3.18. The fourth-order valence-corrected chi connectivity index (χ4v) is 3.37. The third kappa shape index (κ3) is 3.85. The summed E-state index contributed by atoms with van der Waals surface area (Å²) >= 11 is 6.03. The van der Waals surface area contributed by atoms with Gasteiger partial charge in [-0.05, 0) is 12.1 Å². The van der Waals surface area contributed by atoms with Gasteiger partial charge in [-0.1, -0.05) is 28.9 Å². The molecule has 0 bridgehead atoms. The molecular formula is C18H19Cl2N5O2. The van der Waals surface area contributed by atoms with E-state index < -0.39 is 0 Å². The van der Waals surface area contributed by atoms with E-state index in [0.717, 1.165) is 17.9 Å². The quantitative estimate of drug-likeness (QED) is 0.721. The number of imidazole rings is 1. The Morgan fingerprint density at radius 3 is 2.96 bits per heavy atom. The third-order valence-electron chi connectivity index (χ3n) is 4.50. The van der Waals surface area contributed by atoms with Crippen molar-refractivity contribution in [1.82, 2.24) is 24.9 Å². The number of hydrogen-bond donors (Lipinski definition) is 1. The zero-order valence-electron chi connectivity index (χ0n) is 14.6. The van der Waals surface area contributed by atoms with E-state index in [9.17, 15) is 4.79 Å². The molecule has 2 aromatic heterocycles. The van der Waals surface area contributed by atoms with Crippen LogP contribution in [0.2, 0.25) is 5.02 Å². The molecule has 0 saturated carbocycles. The summed E-state index contributed by atoms with van der Waals surface area (Å²) in [6.07, 6.45) is 3.61. The number of amides is 1. The maximum atomic E-state index is 13.0. The molecule has 0 spiro atoms. The van der Waals surface area contributed by atoms with Gasteiger partial charge in [-0.25, -0.2) is 4.98 Å². The lowest BCUT2D eigenvalue weighted by molar-refractivity contribution is 0.0578. The summed E-state index contributed by atoms with van der Waals surface area (Å²) in [6.45, 7) is 1.94. The van der Waals surface area contributed by atoms with E-state index in [-0.39, 0.29) is 30.1 Å².